The Kier molecular flexibility index (Phi) is 5.77. The lowest BCUT2D eigenvalue weighted by atomic mass is 9.77. The molecule has 3 aliphatic heterocycles. The summed E-state index contributed by atoms with van der Waals surface area (Å²) in [6.45, 7) is 13.5. The second kappa shape index (κ2) is 8.94. The van der Waals surface area contributed by atoms with Gasteiger partial charge in [-0.25, -0.2) is 4.98 Å². The minimum atomic E-state index is -0.377. The van der Waals surface area contributed by atoms with Crippen molar-refractivity contribution in [2.24, 2.45) is 5.92 Å². The molecule has 206 valence electrons. The van der Waals surface area contributed by atoms with E-state index in [-0.39, 0.29) is 18.3 Å². The van der Waals surface area contributed by atoms with Crippen molar-refractivity contribution in [2.75, 3.05) is 7.05 Å². The number of nitrogens with one attached hydrogen (secondary N) is 1. The summed E-state index contributed by atoms with van der Waals surface area (Å²) in [4.78, 5) is 11.1. The Morgan fingerprint density at radius 2 is 1.60 bits per heavy atom. The number of ether oxygens (including phenoxy) is 1. The summed E-state index contributed by atoms with van der Waals surface area (Å²) in [5, 5.41) is 0. The predicted molar refractivity (Wildman–Crippen MR) is 161 cm³/mol. The molecule has 3 atom stereocenters. The lowest BCUT2D eigenvalue weighted by Crippen LogP contribution is -2.41. The molecule has 1 N–H and O–H groups in total. The summed E-state index contributed by atoms with van der Waals surface area (Å²) in [5.41, 5.74) is 8.14. The van der Waals surface area contributed by atoms with Gasteiger partial charge in [-0.2, -0.15) is 0 Å². The molecule has 1 aromatic heterocycles. The van der Waals surface area contributed by atoms with Crippen LogP contribution in [0.1, 0.15) is 65.4 Å². The first-order chi connectivity index (χ1) is 19.0. The van der Waals surface area contributed by atoms with E-state index in [0.717, 1.165) is 50.3 Å². The zero-order valence-electron chi connectivity index (χ0n) is 24.5. The maximum atomic E-state index is 6.30. The molecule has 0 saturated carbocycles. The van der Waals surface area contributed by atoms with Crippen LogP contribution in [0.2, 0.25) is 0 Å². The molecule has 7 heteroatoms. The van der Waals surface area contributed by atoms with E-state index in [9.17, 15) is 0 Å². The SMILES string of the molecule is C[C@@H]1C[C@H](C)[C@@H](c2nc3ccc(-c4ccc5c(c4)OCc4cc(B6OC(C)(C)C(C)(C)O6)ccc4-5)cc3[nH]2)N1C. The molecular formula is C33H38BN3O3. The molecule has 0 aliphatic carbocycles. The van der Waals surface area contributed by atoms with Gasteiger partial charge < -0.3 is 19.0 Å². The van der Waals surface area contributed by atoms with Crippen LogP contribution in [0.3, 0.4) is 0 Å². The molecule has 0 spiro atoms. The second-order valence-electron chi connectivity index (χ2n) is 13.0. The molecule has 4 aromatic rings. The molecule has 3 aromatic carbocycles. The summed E-state index contributed by atoms with van der Waals surface area (Å²) in [7, 11) is 1.83. The molecule has 2 fully saturated rings. The van der Waals surface area contributed by atoms with Crippen LogP contribution in [0.15, 0.2) is 54.6 Å². The summed E-state index contributed by atoms with van der Waals surface area (Å²) in [6.07, 6.45) is 1.20. The lowest BCUT2D eigenvalue weighted by Gasteiger charge is -2.32. The minimum Gasteiger partial charge on any atom is -0.488 e. The number of aromatic amines is 1. The third kappa shape index (κ3) is 4.01. The lowest BCUT2D eigenvalue weighted by molar-refractivity contribution is 0.00578. The van der Waals surface area contributed by atoms with E-state index < -0.39 is 0 Å². The zero-order chi connectivity index (χ0) is 28.0. The van der Waals surface area contributed by atoms with Gasteiger partial charge in [-0.1, -0.05) is 43.3 Å². The summed E-state index contributed by atoms with van der Waals surface area (Å²) in [6, 6.07) is 20.4. The predicted octanol–water partition coefficient (Wildman–Crippen LogP) is 6.49. The quantitative estimate of drug-likeness (QED) is 0.304. The van der Waals surface area contributed by atoms with Gasteiger partial charge >= 0.3 is 7.12 Å². The van der Waals surface area contributed by atoms with Crippen LogP contribution in [-0.4, -0.2) is 46.3 Å². The van der Waals surface area contributed by atoms with Gasteiger partial charge in [0, 0.05) is 11.6 Å². The van der Waals surface area contributed by atoms with Crippen LogP contribution in [0.25, 0.3) is 33.3 Å². The first-order valence-corrected chi connectivity index (χ1v) is 14.5. The Labute approximate surface area is 237 Å². The van der Waals surface area contributed by atoms with Gasteiger partial charge in [-0.3, -0.25) is 4.90 Å². The van der Waals surface area contributed by atoms with Crippen molar-refractivity contribution in [1.82, 2.24) is 14.9 Å². The Bertz CT molecular complexity index is 1610. The minimum absolute atomic E-state index is 0.327. The summed E-state index contributed by atoms with van der Waals surface area (Å²) >= 11 is 0. The van der Waals surface area contributed by atoms with Crippen LogP contribution < -0.4 is 10.2 Å². The van der Waals surface area contributed by atoms with Crippen molar-refractivity contribution >= 4 is 23.6 Å². The van der Waals surface area contributed by atoms with Crippen molar-refractivity contribution in [2.45, 2.75) is 77.9 Å². The molecule has 0 radical (unpaired) electrons. The first-order valence-electron chi connectivity index (χ1n) is 14.5. The van der Waals surface area contributed by atoms with Crippen molar-refractivity contribution in [1.29, 1.82) is 0 Å². The highest BCUT2D eigenvalue weighted by atomic mass is 16.7. The number of likely N-dealkylation sites (tertiary alicyclic amines) is 1. The number of H-pyrrole nitrogens is 1. The molecule has 3 aliphatic rings. The average molecular weight is 535 g/mol. The molecule has 2 saturated heterocycles. The maximum absolute atomic E-state index is 6.30. The van der Waals surface area contributed by atoms with Crippen LogP contribution in [0.5, 0.6) is 5.75 Å². The third-order valence-corrected chi connectivity index (χ3v) is 9.81. The van der Waals surface area contributed by atoms with E-state index in [0.29, 0.717) is 24.6 Å². The van der Waals surface area contributed by atoms with Gasteiger partial charge in [0.05, 0.1) is 28.3 Å². The van der Waals surface area contributed by atoms with Crippen LogP contribution in [0, 0.1) is 5.92 Å². The van der Waals surface area contributed by atoms with E-state index in [1.165, 1.54) is 12.0 Å². The smallest absolute Gasteiger partial charge is 0.488 e. The average Bonchev–Trinajstić information content (AvgIpc) is 3.52. The summed E-state index contributed by atoms with van der Waals surface area (Å²) < 4.78 is 18.9. The molecule has 0 bridgehead atoms. The van der Waals surface area contributed by atoms with Crippen molar-refractivity contribution in [3.8, 4) is 28.0 Å². The molecule has 0 amide bonds. The number of rotatable bonds is 3. The molecular weight excluding hydrogens is 497 g/mol. The summed E-state index contributed by atoms with van der Waals surface area (Å²) in [5.74, 6) is 2.56. The molecule has 7 rings (SSSR count). The Morgan fingerprint density at radius 1 is 0.900 bits per heavy atom. The Balaban J connectivity index is 1.16. The third-order valence-electron chi connectivity index (χ3n) is 9.81. The second-order valence-corrected chi connectivity index (χ2v) is 13.0. The fourth-order valence-corrected chi connectivity index (χ4v) is 6.64. The fourth-order valence-electron chi connectivity index (χ4n) is 6.64. The molecule has 6 nitrogen and oxygen atoms in total. The van der Waals surface area contributed by atoms with E-state index in [4.69, 9.17) is 19.0 Å². The number of fused-ring (bicyclic) bond motifs is 4. The normalized spacial score (nSPS) is 25.2. The highest BCUT2D eigenvalue weighted by molar-refractivity contribution is 6.62. The highest BCUT2D eigenvalue weighted by Gasteiger charge is 2.51. The number of nitrogens with zero attached hydrogens (tertiary/aromatic N) is 2. The van der Waals surface area contributed by atoms with Crippen LogP contribution >= 0.6 is 0 Å². The van der Waals surface area contributed by atoms with E-state index in [1.807, 2.05) is 0 Å². The van der Waals surface area contributed by atoms with Gasteiger partial charge in [0.1, 0.15) is 18.2 Å². The van der Waals surface area contributed by atoms with Gasteiger partial charge in [0.2, 0.25) is 0 Å². The number of hydrogen-bond acceptors (Lipinski definition) is 5. The molecule has 0 unspecified atom stereocenters. The van der Waals surface area contributed by atoms with E-state index >= 15 is 0 Å². The highest BCUT2D eigenvalue weighted by Crippen LogP contribution is 2.42. The fraction of sp³-hybridized carbons (Fsp3) is 0.424. The van der Waals surface area contributed by atoms with Gasteiger partial charge in [-0.15, -0.1) is 0 Å². The first kappa shape index (κ1) is 25.8. The van der Waals surface area contributed by atoms with Gasteiger partial charge in [0.15, 0.2) is 0 Å². The van der Waals surface area contributed by atoms with Crippen molar-refractivity contribution in [3.05, 3.63) is 66.0 Å². The Hall–Kier alpha value is -3.13. The number of hydrogen-bond donors (Lipinski definition) is 1. The monoisotopic (exact) mass is 535 g/mol. The van der Waals surface area contributed by atoms with Gasteiger partial charge in [0.25, 0.3) is 0 Å². The number of aromatic nitrogens is 2. The Morgan fingerprint density at radius 3 is 2.33 bits per heavy atom. The van der Waals surface area contributed by atoms with Crippen LogP contribution in [-0.2, 0) is 15.9 Å². The number of benzene rings is 3. The number of imidazole rings is 1. The topological polar surface area (TPSA) is 59.6 Å². The van der Waals surface area contributed by atoms with Crippen molar-refractivity contribution < 1.29 is 14.0 Å². The van der Waals surface area contributed by atoms with E-state index in [2.05, 4.69) is 113 Å². The largest absolute Gasteiger partial charge is 0.494 e. The van der Waals surface area contributed by atoms with Gasteiger partial charge in [-0.05, 0) is 99.9 Å². The van der Waals surface area contributed by atoms with Crippen LogP contribution in [0.4, 0.5) is 0 Å². The zero-order valence-corrected chi connectivity index (χ0v) is 24.5. The maximum Gasteiger partial charge on any atom is 0.494 e. The standard InChI is InChI=1S/C33H38BN3O3/c1-19-14-20(2)37(7)30(19)31-35-27-13-9-21(16-28(27)36-31)22-8-11-26-25-12-10-24(15-23(25)18-38-29(26)17-22)34-39-32(3,4)33(5,6)40-34/h8-13,15-17,19-20,30H,14,18H2,1-7H3,(H,35,36)/t19-,20+,30-/m0/s1. The molecule has 40 heavy (non-hydrogen) atoms. The molecule has 4 heterocycles. The van der Waals surface area contributed by atoms with E-state index in [1.54, 1.807) is 0 Å². The van der Waals surface area contributed by atoms with Crippen molar-refractivity contribution in [3.63, 3.8) is 0 Å².